The summed E-state index contributed by atoms with van der Waals surface area (Å²) in [6.45, 7) is 9.62. The maximum Gasteiger partial charge on any atom is 0.0540 e. The molecule has 8 rings (SSSR count). The molecule has 1 heteroatoms. The van der Waals surface area contributed by atoms with E-state index in [2.05, 4.69) is 209 Å². The molecule has 0 aliphatic heterocycles. The number of rotatable bonds is 6. The fourth-order valence-corrected chi connectivity index (χ4v) is 7.65. The van der Waals surface area contributed by atoms with Gasteiger partial charge in [-0.3, -0.25) is 0 Å². The Balaban J connectivity index is 1.33. The Morgan fingerprint density at radius 3 is 1.41 bits per heavy atom. The van der Waals surface area contributed by atoms with Gasteiger partial charge in [0.25, 0.3) is 0 Å². The number of fused-ring (bicyclic) bond motifs is 3. The van der Waals surface area contributed by atoms with E-state index in [1.54, 1.807) is 0 Å². The zero-order valence-electron chi connectivity index (χ0n) is 28.7. The fourth-order valence-electron chi connectivity index (χ4n) is 7.65. The first-order valence-electron chi connectivity index (χ1n) is 17.3. The summed E-state index contributed by atoms with van der Waals surface area (Å²) in [6, 6.07) is 64.1. The third-order valence-corrected chi connectivity index (χ3v) is 11.0. The van der Waals surface area contributed by atoms with Crippen LogP contribution in [0.5, 0.6) is 0 Å². The lowest BCUT2D eigenvalue weighted by molar-refractivity contribution is 0.299. The zero-order chi connectivity index (χ0) is 33.6. The summed E-state index contributed by atoms with van der Waals surface area (Å²) in [5.74, 6) is 0. The highest BCUT2D eigenvalue weighted by Crippen LogP contribution is 2.54. The van der Waals surface area contributed by atoms with E-state index in [0.29, 0.717) is 0 Å². The van der Waals surface area contributed by atoms with Crippen LogP contribution in [0, 0.1) is 0 Å². The Bertz CT molecular complexity index is 2190. The number of benzene rings is 7. The molecule has 238 valence electrons. The molecule has 0 amide bonds. The summed E-state index contributed by atoms with van der Waals surface area (Å²) >= 11 is 0. The molecule has 0 unspecified atom stereocenters. The molecule has 0 N–H and O–H groups in total. The topological polar surface area (TPSA) is 3.24 Å². The van der Waals surface area contributed by atoms with Crippen molar-refractivity contribution >= 4 is 17.1 Å². The second-order valence-electron chi connectivity index (χ2n) is 14.2. The van der Waals surface area contributed by atoms with Gasteiger partial charge in [0.05, 0.1) is 5.69 Å². The summed E-state index contributed by atoms with van der Waals surface area (Å²) in [4.78, 5) is 2.43. The molecule has 1 nitrogen and oxygen atoms in total. The van der Waals surface area contributed by atoms with E-state index in [0.717, 1.165) is 17.1 Å². The van der Waals surface area contributed by atoms with Crippen LogP contribution in [0.4, 0.5) is 17.1 Å². The number of hydrogen-bond acceptors (Lipinski definition) is 1. The van der Waals surface area contributed by atoms with Crippen molar-refractivity contribution in [2.75, 3.05) is 4.90 Å². The van der Waals surface area contributed by atoms with Crippen molar-refractivity contribution in [3.05, 3.63) is 187 Å². The first-order chi connectivity index (χ1) is 23.8. The van der Waals surface area contributed by atoms with Gasteiger partial charge in [0.1, 0.15) is 0 Å². The molecule has 0 atom stereocenters. The molecule has 0 heterocycles. The highest BCUT2D eigenvalue weighted by Gasteiger charge is 2.45. The van der Waals surface area contributed by atoms with Crippen LogP contribution in [0.1, 0.15) is 38.8 Å². The number of para-hydroxylation sites is 1. The Labute approximate surface area is 291 Å². The minimum absolute atomic E-state index is 0.0312. The van der Waals surface area contributed by atoms with Crippen LogP contribution in [0.3, 0.4) is 0 Å². The molecule has 1 aliphatic carbocycles. The van der Waals surface area contributed by atoms with E-state index in [4.69, 9.17) is 0 Å². The van der Waals surface area contributed by atoms with Crippen LogP contribution in [-0.2, 0) is 10.8 Å². The van der Waals surface area contributed by atoms with Gasteiger partial charge < -0.3 is 4.90 Å². The van der Waals surface area contributed by atoms with Crippen molar-refractivity contribution in [3.8, 4) is 44.5 Å². The van der Waals surface area contributed by atoms with E-state index >= 15 is 0 Å². The highest BCUT2D eigenvalue weighted by molar-refractivity contribution is 5.91. The second kappa shape index (κ2) is 12.1. The maximum atomic E-state index is 2.46. The Morgan fingerprint density at radius 1 is 0.327 bits per heavy atom. The molecular weight excluding hydrogens is 591 g/mol. The monoisotopic (exact) mass is 631 g/mol. The van der Waals surface area contributed by atoms with Crippen molar-refractivity contribution < 1.29 is 0 Å². The van der Waals surface area contributed by atoms with Gasteiger partial charge in [-0.1, -0.05) is 167 Å². The Kier molecular flexibility index (Phi) is 7.57. The molecule has 1 aliphatic rings. The third kappa shape index (κ3) is 5.27. The van der Waals surface area contributed by atoms with Gasteiger partial charge in [-0.2, -0.15) is 0 Å². The van der Waals surface area contributed by atoms with Gasteiger partial charge >= 0.3 is 0 Å². The number of hydrogen-bond donors (Lipinski definition) is 0. The summed E-state index contributed by atoms with van der Waals surface area (Å²) in [6.07, 6.45) is 0. The van der Waals surface area contributed by atoms with Crippen LogP contribution in [0.15, 0.2) is 176 Å². The van der Waals surface area contributed by atoms with Gasteiger partial charge in [-0.15, -0.1) is 0 Å². The van der Waals surface area contributed by atoms with E-state index in [1.165, 1.54) is 55.6 Å². The van der Waals surface area contributed by atoms with Crippen LogP contribution < -0.4 is 4.90 Å². The predicted molar refractivity (Wildman–Crippen MR) is 209 cm³/mol. The van der Waals surface area contributed by atoms with Crippen molar-refractivity contribution in [1.82, 2.24) is 0 Å². The van der Waals surface area contributed by atoms with Gasteiger partial charge in [0.15, 0.2) is 0 Å². The van der Waals surface area contributed by atoms with E-state index in [1.807, 2.05) is 0 Å². The minimum atomic E-state index is -0.0740. The van der Waals surface area contributed by atoms with Gasteiger partial charge in [-0.25, -0.2) is 0 Å². The largest absolute Gasteiger partial charge is 0.310 e. The lowest BCUT2D eigenvalue weighted by atomic mass is 9.55. The van der Waals surface area contributed by atoms with Crippen LogP contribution >= 0.6 is 0 Å². The fraction of sp³-hybridized carbons (Fsp3) is 0.125. The Hall–Kier alpha value is -5.66. The van der Waals surface area contributed by atoms with Crippen molar-refractivity contribution in [1.29, 1.82) is 0 Å². The number of anilines is 3. The standard InChI is InChI=1S/C48H41N/c1-47(2)44-27-13-11-26-42(44)43-30-29-38(33-45(43)48(47,3)4)41-25-12-14-28-46(41)49(39-23-15-21-36(31-39)34-17-7-5-8-18-34)40-24-16-22-37(32-40)35-19-9-6-10-20-35/h5-33H,1-4H3. The minimum Gasteiger partial charge on any atom is -0.310 e. The first kappa shape index (κ1) is 30.7. The zero-order valence-corrected chi connectivity index (χ0v) is 28.7. The van der Waals surface area contributed by atoms with E-state index < -0.39 is 0 Å². The first-order valence-corrected chi connectivity index (χ1v) is 17.3. The van der Waals surface area contributed by atoms with Gasteiger partial charge in [-0.05, 0) is 97.3 Å². The van der Waals surface area contributed by atoms with Crippen LogP contribution in [0.2, 0.25) is 0 Å². The molecule has 7 aromatic rings. The smallest absolute Gasteiger partial charge is 0.0540 e. The summed E-state index contributed by atoms with van der Waals surface area (Å²) in [7, 11) is 0. The average Bonchev–Trinajstić information content (AvgIpc) is 3.15. The Morgan fingerprint density at radius 2 is 0.796 bits per heavy atom. The lowest BCUT2D eigenvalue weighted by Crippen LogP contribution is -2.43. The lowest BCUT2D eigenvalue weighted by Gasteiger charge is -2.48. The molecule has 0 radical (unpaired) electrons. The van der Waals surface area contributed by atoms with E-state index in [9.17, 15) is 0 Å². The molecule has 0 saturated carbocycles. The molecule has 0 saturated heterocycles. The highest BCUT2D eigenvalue weighted by atomic mass is 15.1. The molecular formula is C48H41N. The normalized spacial score (nSPS) is 14.0. The molecule has 49 heavy (non-hydrogen) atoms. The molecule has 0 fully saturated rings. The molecule has 0 aromatic heterocycles. The van der Waals surface area contributed by atoms with Gasteiger partial charge in [0, 0.05) is 16.9 Å². The van der Waals surface area contributed by atoms with E-state index in [-0.39, 0.29) is 10.8 Å². The molecule has 0 bridgehead atoms. The average molecular weight is 632 g/mol. The number of nitrogens with zero attached hydrogens (tertiary/aromatic N) is 1. The van der Waals surface area contributed by atoms with Crippen LogP contribution in [-0.4, -0.2) is 0 Å². The summed E-state index contributed by atoms with van der Waals surface area (Å²) in [5.41, 5.74) is 16.0. The second-order valence-corrected chi connectivity index (χ2v) is 14.2. The predicted octanol–water partition coefficient (Wildman–Crippen LogP) is 13.4. The maximum absolute atomic E-state index is 2.46. The molecule has 7 aromatic carbocycles. The van der Waals surface area contributed by atoms with Crippen molar-refractivity contribution in [2.45, 2.75) is 38.5 Å². The third-order valence-electron chi connectivity index (χ3n) is 11.0. The van der Waals surface area contributed by atoms with Crippen molar-refractivity contribution in [2.24, 2.45) is 0 Å². The SMILES string of the molecule is CC1(C)c2ccccc2-c2ccc(-c3ccccc3N(c3cccc(-c4ccccc4)c3)c3cccc(-c4ccccc4)c3)cc2C1(C)C. The summed E-state index contributed by atoms with van der Waals surface area (Å²) in [5, 5.41) is 0. The van der Waals surface area contributed by atoms with Crippen LogP contribution in [0.25, 0.3) is 44.5 Å². The summed E-state index contributed by atoms with van der Waals surface area (Å²) < 4.78 is 0. The van der Waals surface area contributed by atoms with Gasteiger partial charge in [0.2, 0.25) is 0 Å². The quantitative estimate of drug-likeness (QED) is 0.176. The molecule has 0 spiro atoms. The van der Waals surface area contributed by atoms with Crippen molar-refractivity contribution in [3.63, 3.8) is 0 Å².